The van der Waals surface area contributed by atoms with E-state index in [4.69, 9.17) is 23.2 Å². The molecule has 4 N–H and O–H groups in total. The van der Waals surface area contributed by atoms with Gasteiger partial charge in [-0.25, -0.2) is 8.78 Å². The number of carbonyl (C=O) groups is 2. The molecule has 1 saturated heterocycles. The molecule has 6 atom stereocenters. The average molecular weight is 595 g/mol. The SMILES string of the molecule is CC(C)(C)C[C@H]1N[C@@H](C(=O)NCC[C@H]2CC[C@@H](O)C2)[C@H](c2cccc(Cl)c2F)[C@@]12C(=O)Nc1cc(Cl)c(F)cc12. The molecule has 40 heavy (non-hydrogen) atoms. The van der Waals surface area contributed by atoms with Crippen LogP contribution in [0.15, 0.2) is 30.3 Å². The predicted octanol–water partition coefficient (Wildman–Crippen LogP) is 5.69. The fraction of sp³-hybridized carbons (Fsp3) is 0.533. The van der Waals surface area contributed by atoms with Crippen molar-refractivity contribution in [2.24, 2.45) is 11.3 Å². The van der Waals surface area contributed by atoms with Crippen LogP contribution in [0, 0.1) is 23.0 Å². The van der Waals surface area contributed by atoms with E-state index in [0.29, 0.717) is 43.0 Å². The first-order chi connectivity index (χ1) is 18.8. The molecule has 2 amide bonds. The van der Waals surface area contributed by atoms with E-state index in [1.165, 1.54) is 24.3 Å². The lowest BCUT2D eigenvalue weighted by atomic mass is 9.62. The number of fused-ring (bicyclic) bond motifs is 2. The molecule has 5 rings (SSSR count). The predicted molar refractivity (Wildman–Crippen MR) is 152 cm³/mol. The van der Waals surface area contributed by atoms with Gasteiger partial charge in [-0.3, -0.25) is 9.59 Å². The van der Waals surface area contributed by atoms with Gasteiger partial charge < -0.3 is 21.1 Å². The summed E-state index contributed by atoms with van der Waals surface area (Å²) in [7, 11) is 0. The van der Waals surface area contributed by atoms with Crippen molar-refractivity contribution in [2.45, 2.75) is 82.4 Å². The second-order valence-electron chi connectivity index (χ2n) is 12.6. The van der Waals surface area contributed by atoms with Crippen molar-refractivity contribution in [3.63, 3.8) is 0 Å². The van der Waals surface area contributed by atoms with E-state index < -0.39 is 41.0 Å². The number of aliphatic hydroxyl groups excluding tert-OH is 1. The third-order valence-electron chi connectivity index (χ3n) is 8.67. The maximum Gasteiger partial charge on any atom is 0.237 e. The fourth-order valence-electron chi connectivity index (χ4n) is 6.98. The third kappa shape index (κ3) is 5.13. The first kappa shape index (κ1) is 29.2. The lowest BCUT2D eigenvalue weighted by Gasteiger charge is -2.37. The van der Waals surface area contributed by atoms with Crippen molar-refractivity contribution in [1.29, 1.82) is 0 Å². The molecule has 2 aromatic carbocycles. The second-order valence-corrected chi connectivity index (χ2v) is 13.4. The first-order valence-corrected chi connectivity index (χ1v) is 14.5. The Morgan fingerprint density at radius 1 is 1.18 bits per heavy atom. The number of rotatable bonds is 6. The molecule has 2 aliphatic heterocycles. The maximum atomic E-state index is 15.8. The van der Waals surface area contributed by atoms with Crippen molar-refractivity contribution in [2.75, 3.05) is 11.9 Å². The molecule has 10 heteroatoms. The Morgan fingerprint density at radius 3 is 2.60 bits per heavy atom. The van der Waals surface area contributed by atoms with Gasteiger partial charge in [0, 0.05) is 24.2 Å². The van der Waals surface area contributed by atoms with Gasteiger partial charge in [-0.2, -0.15) is 0 Å². The van der Waals surface area contributed by atoms with Gasteiger partial charge in [0.1, 0.15) is 17.0 Å². The molecule has 2 heterocycles. The van der Waals surface area contributed by atoms with Gasteiger partial charge in [-0.15, -0.1) is 0 Å². The van der Waals surface area contributed by atoms with Gasteiger partial charge in [-0.05, 0) is 72.8 Å². The van der Waals surface area contributed by atoms with Crippen LogP contribution in [0.4, 0.5) is 14.5 Å². The van der Waals surface area contributed by atoms with Gasteiger partial charge in [0.05, 0.1) is 22.2 Å². The highest BCUT2D eigenvalue weighted by atomic mass is 35.5. The van der Waals surface area contributed by atoms with Crippen molar-refractivity contribution in [3.05, 3.63) is 63.1 Å². The van der Waals surface area contributed by atoms with E-state index in [1.807, 2.05) is 20.8 Å². The van der Waals surface area contributed by atoms with E-state index in [2.05, 4.69) is 16.0 Å². The normalized spacial score (nSPS) is 29.6. The van der Waals surface area contributed by atoms with Crippen LogP contribution in [0.2, 0.25) is 10.0 Å². The largest absolute Gasteiger partial charge is 0.393 e. The Morgan fingerprint density at radius 2 is 1.93 bits per heavy atom. The summed E-state index contributed by atoms with van der Waals surface area (Å²) < 4.78 is 30.8. The van der Waals surface area contributed by atoms with Crippen LogP contribution >= 0.6 is 23.2 Å². The minimum absolute atomic E-state index is 0.105. The number of amides is 2. The number of nitrogens with one attached hydrogen (secondary N) is 3. The standard InChI is InChI=1S/C30H35Cl2F2N3O3/c1-29(2,3)14-23-30(18-12-21(33)20(32)13-22(18)36-28(30)40)24(17-5-4-6-19(31)25(17)34)26(37-23)27(39)35-10-9-15-7-8-16(38)11-15/h4-6,12-13,15-16,23-24,26,37-38H,7-11,14H2,1-3H3,(H,35,39)(H,36,40)/t15-,16-,23-,24+,26-,30+/m1/s1. The monoisotopic (exact) mass is 593 g/mol. The number of anilines is 1. The van der Waals surface area contributed by atoms with E-state index in [0.717, 1.165) is 12.8 Å². The molecule has 0 radical (unpaired) electrons. The zero-order chi connectivity index (χ0) is 29.0. The first-order valence-electron chi connectivity index (χ1n) is 13.8. The summed E-state index contributed by atoms with van der Waals surface area (Å²) >= 11 is 12.3. The Hall–Kier alpha value is -2.26. The van der Waals surface area contributed by atoms with Gasteiger partial charge in [-0.1, -0.05) is 56.1 Å². The highest BCUT2D eigenvalue weighted by Gasteiger charge is 2.66. The van der Waals surface area contributed by atoms with Crippen molar-refractivity contribution >= 4 is 40.7 Å². The van der Waals surface area contributed by atoms with E-state index in [-0.39, 0.29) is 33.0 Å². The van der Waals surface area contributed by atoms with Crippen LogP contribution in [0.5, 0.6) is 0 Å². The average Bonchev–Trinajstić information content (AvgIpc) is 3.51. The zero-order valence-corrected chi connectivity index (χ0v) is 24.3. The van der Waals surface area contributed by atoms with Crippen LogP contribution in [0.3, 0.4) is 0 Å². The summed E-state index contributed by atoms with van der Waals surface area (Å²) in [5.74, 6) is -2.98. The van der Waals surface area contributed by atoms with E-state index in [1.54, 1.807) is 6.07 Å². The summed E-state index contributed by atoms with van der Waals surface area (Å²) in [5.41, 5.74) is -1.04. The molecule has 1 aliphatic carbocycles. The second kappa shape index (κ2) is 10.9. The number of benzene rings is 2. The highest BCUT2D eigenvalue weighted by Crippen LogP contribution is 2.57. The summed E-state index contributed by atoms with van der Waals surface area (Å²) in [6.07, 6.45) is 3.19. The van der Waals surface area contributed by atoms with Gasteiger partial charge in [0.2, 0.25) is 11.8 Å². The topological polar surface area (TPSA) is 90.5 Å². The van der Waals surface area contributed by atoms with Crippen LogP contribution in [-0.2, 0) is 15.0 Å². The van der Waals surface area contributed by atoms with Crippen LogP contribution in [-0.4, -0.2) is 41.7 Å². The Bertz CT molecular complexity index is 1330. The maximum absolute atomic E-state index is 15.8. The van der Waals surface area contributed by atoms with Crippen molar-refractivity contribution in [1.82, 2.24) is 10.6 Å². The summed E-state index contributed by atoms with van der Waals surface area (Å²) in [5, 5.41) is 18.8. The lowest BCUT2D eigenvalue weighted by Crippen LogP contribution is -2.49. The molecule has 2 fully saturated rings. The molecule has 1 spiro atoms. The quantitative estimate of drug-likeness (QED) is 0.346. The Balaban J connectivity index is 1.61. The molecule has 6 nitrogen and oxygen atoms in total. The molecule has 2 aromatic rings. The van der Waals surface area contributed by atoms with Gasteiger partial charge >= 0.3 is 0 Å². The third-order valence-corrected chi connectivity index (χ3v) is 9.25. The molecule has 1 saturated carbocycles. The smallest absolute Gasteiger partial charge is 0.237 e. The molecule has 0 bridgehead atoms. The Kier molecular flexibility index (Phi) is 7.94. The minimum atomic E-state index is -1.52. The molecular weight excluding hydrogens is 559 g/mol. The Labute approximate surface area is 243 Å². The number of hydrogen-bond donors (Lipinski definition) is 4. The zero-order valence-electron chi connectivity index (χ0n) is 22.8. The van der Waals surface area contributed by atoms with Gasteiger partial charge in [0.25, 0.3) is 0 Å². The number of halogens is 4. The molecule has 3 aliphatic rings. The van der Waals surface area contributed by atoms with Crippen LogP contribution in [0.1, 0.15) is 69.9 Å². The summed E-state index contributed by atoms with van der Waals surface area (Å²) in [6.45, 7) is 6.41. The molecule has 0 aromatic heterocycles. The number of hydrogen-bond acceptors (Lipinski definition) is 4. The molecule has 0 unspecified atom stereocenters. The minimum Gasteiger partial charge on any atom is -0.393 e. The van der Waals surface area contributed by atoms with Crippen LogP contribution < -0.4 is 16.0 Å². The molecule has 216 valence electrons. The van der Waals surface area contributed by atoms with Gasteiger partial charge in [0.15, 0.2) is 0 Å². The summed E-state index contributed by atoms with van der Waals surface area (Å²) in [4.78, 5) is 28.0. The number of aliphatic hydroxyl groups is 1. The van der Waals surface area contributed by atoms with Crippen molar-refractivity contribution in [3.8, 4) is 0 Å². The summed E-state index contributed by atoms with van der Waals surface area (Å²) in [6, 6.07) is 5.48. The highest BCUT2D eigenvalue weighted by molar-refractivity contribution is 6.31. The van der Waals surface area contributed by atoms with E-state index in [9.17, 15) is 19.1 Å². The number of carbonyl (C=O) groups excluding carboxylic acids is 2. The molecular formula is C30H35Cl2F2N3O3. The van der Waals surface area contributed by atoms with Crippen LogP contribution in [0.25, 0.3) is 0 Å². The lowest BCUT2D eigenvalue weighted by molar-refractivity contribution is -0.123. The fourth-order valence-corrected chi connectivity index (χ4v) is 7.33. The van der Waals surface area contributed by atoms with Crippen molar-refractivity contribution < 1.29 is 23.5 Å². The van der Waals surface area contributed by atoms with E-state index >= 15 is 4.39 Å².